The SMILES string of the molecule is CCCNC(=O)c1c(F)c(Cl)cc(C(C)c2nc(C)c3c(N)nccn23)c1OC(C)C.Cc1nc(C(C)c2cc(Cl)c(F)c(C(=O)N3CC(C)OC(C)C3)c2OC(C)C)n2ccnc(N)c12.Cc1nc(C(C)c2cc(Cl)c(F)c(C(=O)NC3CCCOC3)c2OC(C)C)n2ccnc(N)c12.Cc1nc(C(C)c2cc(Cl)c(F)c(C(=O)NCC3CC3)c2OC(C)C)n2ccnc(N)c12. The molecular weight excluding hydrogens is 1790 g/mol. The summed E-state index contributed by atoms with van der Waals surface area (Å²) in [4.78, 5) is 89.7. The Bertz CT molecular complexity index is 6300. The van der Waals surface area contributed by atoms with Gasteiger partial charge >= 0.3 is 0 Å². The number of rotatable bonds is 25. The van der Waals surface area contributed by atoms with Crippen molar-refractivity contribution in [2.45, 2.75) is 230 Å². The average Bonchev–Trinajstić information content (AvgIpc) is 1.55. The van der Waals surface area contributed by atoms with E-state index in [2.05, 4.69) is 40.9 Å². The van der Waals surface area contributed by atoms with Crippen molar-refractivity contribution in [1.29, 1.82) is 0 Å². The molecule has 0 spiro atoms. The summed E-state index contributed by atoms with van der Waals surface area (Å²) < 4.78 is 104. The molecule has 2 saturated heterocycles. The Hall–Kier alpha value is -11.6. The van der Waals surface area contributed by atoms with Crippen molar-refractivity contribution >= 4 is 115 Å². The largest absolute Gasteiger partial charge is 0.490 e. The van der Waals surface area contributed by atoms with Crippen LogP contribution >= 0.6 is 46.4 Å². The number of nitrogens with two attached hydrogens (primary N) is 4. The van der Waals surface area contributed by atoms with Gasteiger partial charge in [-0.3, -0.25) is 36.8 Å². The van der Waals surface area contributed by atoms with Gasteiger partial charge in [0.15, 0.2) is 23.3 Å². The third-order valence-electron chi connectivity index (χ3n) is 22.7. The Morgan fingerprint density at radius 2 is 0.765 bits per heavy atom. The summed E-state index contributed by atoms with van der Waals surface area (Å²) in [6, 6.07) is 5.82. The second-order valence-electron chi connectivity index (χ2n) is 34.5. The summed E-state index contributed by atoms with van der Waals surface area (Å²) >= 11 is 25.1. The van der Waals surface area contributed by atoms with Gasteiger partial charge in [0.25, 0.3) is 23.6 Å². The Morgan fingerprint density at radius 3 is 1.06 bits per heavy atom. The lowest BCUT2D eigenvalue weighted by atomic mass is 9.95. The first-order chi connectivity index (χ1) is 62.5. The number of amides is 4. The number of halogens is 8. The zero-order chi connectivity index (χ0) is 96.2. The quantitative estimate of drug-likeness (QED) is 0.0261. The van der Waals surface area contributed by atoms with Crippen molar-refractivity contribution in [3.05, 3.63) is 208 Å². The van der Waals surface area contributed by atoms with Crippen LogP contribution in [0.5, 0.6) is 23.0 Å². The zero-order valence-corrected chi connectivity index (χ0v) is 80.4. The number of aromatic nitrogens is 12. The number of ether oxygens (including phenoxy) is 6. The second kappa shape index (κ2) is 42.1. The number of carbonyl (C=O) groups is 4. The highest BCUT2D eigenvalue weighted by Gasteiger charge is 2.39. The summed E-state index contributed by atoms with van der Waals surface area (Å²) in [5.74, 6) is -1.78. The maximum atomic E-state index is 15.5. The van der Waals surface area contributed by atoms with Crippen LogP contribution in [-0.4, -0.2) is 168 Å². The molecule has 7 atom stereocenters. The van der Waals surface area contributed by atoms with E-state index in [0.717, 1.165) is 31.4 Å². The van der Waals surface area contributed by atoms with Gasteiger partial charge in [-0.1, -0.05) is 81.0 Å². The molecule has 0 bridgehead atoms. The van der Waals surface area contributed by atoms with Gasteiger partial charge in [-0.25, -0.2) is 57.4 Å². The van der Waals surface area contributed by atoms with E-state index < -0.39 is 58.7 Å². The van der Waals surface area contributed by atoms with Crippen LogP contribution in [0.15, 0.2) is 73.8 Å². The molecule has 0 radical (unpaired) electrons. The molecule has 7 unspecified atom stereocenters. The Morgan fingerprint density at radius 1 is 0.462 bits per heavy atom. The highest BCUT2D eigenvalue weighted by molar-refractivity contribution is 6.32. The number of nitrogens with zero attached hydrogens (tertiary/aromatic N) is 13. The topological polar surface area (TPSA) is 388 Å². The van der Waals surface area contributed by atoms with Crippen LogP contribution in [0.3, 0.4) is 0 Å². The molecule has 3 aliphatic rings. The first-order valence-corrected chi connectivity index (χ1v) is 45.5. The lowest BCUT2D eigenvalue weighted by Crippen LogP contribution is -2.48. The lowest BCUT2D eigenvalue weighted by Gasteiger charge is -2.36. The minimum atomic E-state index is -0.819. The van der Waals surface area contributed by atoms with E-state index in [1.165, 1.54) is 24.3 Å². The third-order valence-corrected chi connectivity index (χ3v) is 23.8. The van der Waals surface area contributed by atoms with Crippen molar-refractivity contribution in [3.63, 3.8) is 0 Å². The molecule has 10 heterocycles. The fourth-order valence-electron chi connectivity index (χ4n) is 16.5. The van der Waals surface area contributed by atoms with Gasteiger partial charge in [-0.2, -0.15) is 0 Å². The Labute approximate surface area is 783 Å². The Balaban J connectivity index is 0.000000159. The van der Waals surface area contributed by atoms with E-state index in [4.69, 9.17) is 113 Å². The lowest BCUT2D eigenvalue weighted by molar-refractivity contribution is -0.0588. The van der Waals surface area contributed by atoms with E-state index in [9.17, 15) is 19.2 Å². The molecule has 30 nitrogen and oxygen atoms in total. The highest BCUT2D eigenvalue weighted by Crippen LogP contribution is 2.46. The van der Waals surface area contributed by atoms with Gasteiger partial charge in [-0.15, -0.1) is 0 Å². The fraction of sp³-hybridized carbons (Fsp3) is 0.447. The number of hydrogen-bond donors (Lipinski definition) is 7. The van der Waals surface area contributed by atoms with E-state index in [-0.39, 0.29) is 120 Å². The van der Waals surface area contributed by atoms with Crippen molar-refractivity contribution < 1.29 is 65.2 Å². The summed E-state index contributed by atoms with van der Waals surface area (Å²) in [5.41, 5.74) is 31.4. The third kappa shape index (κ3) is 21.4. The number of fused-ring (bicyclic) bond motifs is 4. The standard InChI is InChI=1S/C25H31ClFN5O3.C24H29ClFN5O3.C23H27ClFN5O2.C22H27ClFN5O2/c1-12(2)34-22-17(15(5)24-30-16(6)21-23(28)29-7-8-32(21)24)9-18(26)20(27)19(22)25(33)31-10-13(3)35-14(4)11-31;1-12(2)34-21-16(13(3)23-29-14(4)20-22(27)28-7-8-31(20)23)10-17(25)19(26)18(21)24(32)30-15-6-5-9-33-11-15;1-11(2)32-20-15(9-16(24)18(25)17(20)23(31)28-10-14-5-6-14)12(3)22-29-13(4)19-21(26)27-7-8-30(19)22;1-6-7-27-22(30)16-17(24)15(23)10-14(19(16)31-11(2)3)12(4)21-28-13(5)18-20(25)26-8-9-29(18)21/h7-9,12-15H,10-11H2,1-6H3,(H2,28,29);7-8,10,12-13,15H,5-6,9,11H2,1-4H3,(H2,27,28)(H,30,32);7-9,11-12,14H,5-6,10H2,1-4H3,(H2,26,27)(H,28,31);8-12H,6-7H2,1-5H3,(H2,25,26)(H,27,30). The van der Waals surface area contributed by atoms with E-state index in [1.807, 2.05) is 149 Å². The molecule has 11 N–H and O–H groups in total. The minimum Gasteiger partial charge on any atom is -0.490 e. The number of hydrogen-bond acceptors (Lipinski definition) is 22. The smallest absolute Gasteiger partial charge is 0.260 e. The van der Waals surface area contributed by atoms with Gasteiger partial charge in [-0.05, 0) is 159 Å². The number of benzene rings is 4. The number of aryl methyl sites for hydroxylation is 4. The minimum absolute atomic E-state index is 0.140. The molecule has 132 heavy (non-hydrogen) atoms. The van der Waals surface area contributed by atoms with Crippen LogP contribution in [0.4, 0.5) is 40.8 Å². The van der Waals surface area contributed by atoms with Crippen molar-refractivity contribution in [1.82, 2.24) is 78.3 Å². The predicted molar refractivity (Wildman–Crippen MR) is 502 cm³/mol. The first kappa shape index (κ1) is 99.5. The zero-order valence-electron chi connectivity index (χ0n) is 77.4. The molecule has 3 fully saturated rings. The number of anilines is 4. The van der Waals surface area contributed by atoms with E-state index >= 15 is 17.6 Å². The molecule has 4 amide bonds. The van der Waals surface area contributed by atoms with Gasteiger partial charge in [0.2, 0.25) is 0 Å². The first-order valence-electron chi connectivity index (χ1n) is 44.0. The van der Waals surface area contributed by atoms with Gasteiger partial charge < -0.3 is 72.2 Å². The molecule has 8 aromatic heterocycles. The van der Waals surface area contributed by atoms with Crippen LogP contribution in [0, 0.1) is 56.9 Å². The fourth-order valence-corrected chi connectivity index (χ4v) is 17.3. The van der Waals surface area contributed by atoms with Gasteiger partial charge in [0.1, 0.15) is 114 Å². The number of carbonyl (C=O) groups excluding carboxylic acids is 4. The maximum absolute atomic E-state index is 15.5. The van der Waals surface area contributed by atoms with E-state index in [1.54, 1.807) is 54.5 Å². The molecule has 706 valence electrons. The average molecular weight is 1900 g/mol. The van der Waals surface area contributed by atoms with Gasteiger partial charge in [0.05, 0.1) is 92.1 Å². The number of imidazole rings is 4. The second-order valence-corrected chi connectivity index (χ2v) is 36.2. The number of morpholine rings is 1. The van der Waals surface area contributed by atoms with Gasteiger partial charge in [0, 0.05) is 128 Å². The van der Waals surface area contributed by atoms with E-state index in [0.29, 0.717) is 160 Å². The molecule has 12 aromatic rings. The molecule has 1 saturated carbocycles. The Kier molecular flexibility index (Phi) is 31.7. The van der Waals surface area contributed by atoms with Crippen LogP contribution in [0.1, 0.15) is 269 Å². The van der Waals surface area contributed by atoms with Crippen LogP contribution in [0.2, 0.25) is 20.1 Å². The molecule has 2 aliphatic heterocycles. The van der Waals surface area contributed by atoms with Crippen LogP contribution in [-0.2, 0) is 9.47 Å². The highest BCUT2D eigenvalue weighted by atomic mass is 35.5. The normalized spacial score (nSPS) is 16.1. The van der Waals surface area contributed by atoms with Crippen molar-refractivity contribution in [2.75, 3.05) is 62.3 Å². The van der Waals surface area contributed by atoms with Crippen molar-refractivity contribution in [3.8, 4) is 23.0 Å². The predicted octanol–water partition coefficient (Wildman–Crippen LogP) is 17.8. The monoisotopic (exact) mass is 1900 g/mol. The number of nitrogen functional groups attached to an aromatic ring is 4. The summed E-state index contributed by atoms with van der Waals surface area (Å²) in [5, 5.41) is 7.80. The summed E-state index contributed by atoms with van der Waals surface area (Å²) in [7, 11) is 0. The number of nitrogens with one attached hydrogen (secondary N) is 3. The maximum Gasteiger partial charge on any atom is 0.260 e. The molecule has 15 rings (SSSR count). The molecule has 38 heteroatoms. The molecular formula is C94H114Cl4F4N20O10. The summed E-state index contributed by atoms with van der Waals surface area (Å²) in [6.45, 7) is 37.9. The van der Waals surface area contributed by atoms with Crippen LogP contribution < -0.4 is 57.8 Å². The van der Waals surface area contributed by atoms with Crippen LogP contribution in [0.25, 0.3) is 22.1 Å². The van der Waals surface area contributed by atoms with Crippen molar-refractivity contribution in [2.24, 2.45) is 5.92 Å². The molecule has 1 aliphatic carbocycles. The molecule has 4 aromatic carbocycles. The summed E-state index contributed by atoms with van der Waals surface area (Å²) in [6.07, 6.45) is 16.4.